The maximum absolute atomic E-state index is 11.5. The summed E-state index contributed by atoms with van der Waals surface area (Å²) >= 11 is 1.48. The summed E-state index contributed by atoms with van der Waals surface area (Å²) in [5, 5.41) is 7.43. The molecule has 0 saturated carbocycles. The number of aromatic nitrogens is 2. The molecule has 0 radical (unpaired) electrons. The van der Waals surface area contributed by atoms with E-state index in [2.05, 4.69) is 20.4 Å². The second-order valence-electron chi connectivity index (χ2n) is 5.92. The van der Waals surface area contributed by atoms with Gasteiger partial charge in [-0.3, -0.25) is 4.90 Å². The summed E-state index contributed by atoms with van der Waals surface area (Å²) in [4.78, 5) is 8.47. The van der Waals surface area contributed by atoms with Gasteiger partial charge in [0, 0.05) is 30.8 Å². The number of nitrogens with zero attached hydrogens (tertiary/aromatic N) is 3. The summed E-state index contributed by atoms with van der Waals surface area (Å²) in [6, 6.07) is 1.93. The third-order valence-electron chi connectivity index (χ3n) is 3.90. The van der Waals surface area contributed by atoms with E-state index in [0.29, 0.717) is 11.7 Å². The predicted molar refractivity (Wildman–Crippen MR) is 89.1 cm³/mol. The number of piperazine rings is 1. The van der Waals surface area contributed by atoms with E-state index < -0.39 is 9.84 Å². The fraction of sp³-hybridized carbons (Fsp3) is 0.571. The van der Waals surface area contributed by atoms with Crippen LogP contribution in [0.5, 0.6) is 0 Å². The Bertz CT molecular complexity index is 797. The zero-order chi connectivity index (χ0) is 16.6. The van der Waals surface area contributed by atoms with Crippen molar-refractivity contribution < 1.29 is 12.9 Å². The second-order valence-corrected chi connectivity index (χ2v) is 9.32. The number of nitrogens with one attached hydrogen (secondary N) is 1. The maximum atomic E-state index is 11.5. The van der Waals surface area contributed by atoms with Gasteiger partial charge in [-0.2, -0.15) is 4.98 Å². The third kappa shape index (κ3) is 3.79. The van der Waals surface area contributed by atoms with Crippen molar-refractivity contribution in [2.24, 2.45) is 0 Å². The smallest absolute Gasteiger partial charge is 0.268 e. The van der Waals surface area contributed by atoms with Gasteiger partial charge in [-0.05, 0) is 25.6 Å². The molecule has 9 heteroatoms. The van der Waals surface area contributed by atoms with Crippen molar-refractivity contribution in [3.05, 3.63) is 22.3 Å². The Balaban J connectivity index is 1.84. The van der Waals surface area contributed by atoms with Gasteiger partial charge in [0.1, 0.15) is 0 Å². The zero-order valence-electron chi connectivity index (χ0n) is 13.4. The summed E-state index contributed by atoms with van der Waals surface area (Å²) in [6.45, 7) is 4.59. The number of rotatable bonds is 4. The lowest BCUT2D eigenvalue weighted by molar-refractivity contribution is 0.190. The molecular formula is C14H20N4O3S2. The Morgan fingerprint density at radius 2 is 2.30 bits per heavy atom. The van der Waals surface area contributed by atoms with Crippen LogP contribution in [0.3, 0.4) is 0 Å². The quantitative estimate of drug-likeness (QED) is 0.881. The van der Waals surface area contributed by atoms with Crippen LogP contribution in [0.2, 0.25) is 0 Å². The molecule has 1 unspecified atom stereocenters. The molecule has 3 heterocycles. The van der Waals surface area contributed by atoms with E-state index in [1.807, 2.05) is 20.0 Å². The van der Waals surface area contributed by atoms with Crippen LogP contribution >= 0.6 is 11.3 Å². The van der Waals surface area contributed by atoms with Crippen molar-refractivity contribution in [2.45, 2.75) is 18.7 Å². The van der Waals surface area contributed by atoms with Crippen molar-refractivity contribution in [1.82, 2.24) is 20.4 Å². The highest BCUT2D eigenvalue weighted by Gasteiger charge is 2.26. The molecule has 1 aliphatic heterocycles. The highest BCUT2D eigenvalue weighted by atomic mass is 32.2. The first-order valence-corrected chi connectivity index (χ1v) is 10.2. The largest absolute Gasteiger partial charge is 0.333 e. The first kappa shape index (κ1) is 16.6. The summed E-state index contributed by atoms with van der Waals surface area (Å²) in [6.07, 6.45) is 1.24. The van der Waals surface area contributed by atoms with Gasteiger partial charge in [-0.25, -0.2) is 8.42 Å². The molecule has 0 spiro atoms. The monoisotopic (exact) mass is 356 g/mol. The van der Waals surface area contributed by atoms with Crippen molar-refractivity contribution in [1.29, 1.82) is 0 Å². The van der Waals surface area contributed by atoms with Gasteiger partial charge in [0.05, 0.1) is 16.7 Å². The summed E-state index contributed by atoms with van der Waals surface area (Å²) in [5.41, 5.74) is 0.795. The first-order chi connectivity index (χ1) is 10.8. The summed E-state index contributed by atoms with van der Waals surface area (Å²) in [7, 11) is -1.02. The Morgan fingerprint density at radius 3 is 3.00 bits per heavy atom. The number of thiophene rings is 1. The normalized spacial score (nSPS) is 20.0. The van der Waals surface area contributed by atoms with Crippen LogP contribution in [-0.4, -0.2) is 56.4 Å². The zero-order valence-corrected chi connectivity index (χ0v) is 15.0. The lowest BCUT2D eigenvalue weighted by Crippen LogP contribution is -2.44. The van der Waals surface area contributed by atoms with E-state index in [4.69, 9.17) is 4.52 Å². The molecular weight excluding hydrogens is 336 g/mol. The van der Waals surface area contributed by atoms with Crippen LogP contribution in [0.4, 0.5) is 0 Å². The van der Waals surface area contributed by atoms with Crippen molar-refractivity contribution in [2.75, 3.05) is 32.9 Å². The average Bonchev–Trinajstić information content (AvgIpc) is 3.06. The minimum absolute atomic E-state index is 0.0333. The fourth-order valence-corrected chi connectivity index (χ4v) is 4.54. The summed E-state index contributed by atoms with van der Waals surface area (Å²) < 4.78 is 28.4. The molecule has 1 aliphatic rings. The Morgan fingerprint density at radius 1 is 1.52 bits per heavy atom. The number of hydrogen-bond acceptors (Lipinski definition) is 8. The number of sulfone groups is 1. The molecule has 1 saturated heterocycles. The Labute approximate surface area is 139 Å². The molecule has 7 nitrogen and oxygen atoms in total. The van der Waals surface area contributed by atoms with Gasteiger partial charge < -0.3 is 9.84 Å². The standard InChI is InChI=1S/C14H20N4O3S2/c1-9-10(8-23(3,19)20)6-12(22-9)14-16-13(17-21-14)11-7-15-4-5-18(11)2/h6,11,15H,4-5,7-8H2,1-3H3. The van der Waals surface area contributed by atoms with E-state index in [1.54, 1.807) is 0 Å². The average molecular weight is 356 g/mol. The van der Waals surface area contributed by atoms with E-state index in [1.165, 1.54) is 17.6 Å². The van der Waals surface area contributed by atoms with Gasteiger partial charge >= 0.3 is 0 Å². The first-order valence-electron chi connectivity index (χ1n) is 7.35. The van der Waals surface area contributed by atoms with E-state index in [9.17, 15) is 8.42 Å². The second kappa shape index (κ2) is 6.31. The molecule has 23 heavy (non-hydrogen) atoms. The van der Waals surface area contributed by atoms with Crippen molar-refractivity contribution in [3.63, 3.8) is 0 Å². The number of aryl methyl sites for hydroxylation is 1. The Hall–Kier alpha value is -1.29. The molecule has 1 atom stereocenters. The van der Waals surface area contributed by atoms with E-state index >= 15 is 0 Å². The Kier molecular flexibility index (Phi) is 4.54. The van der Waals surface area contributed by atoms with Crippen LogP contribution in [-0.2, 0) is 15.6 Å². The predicted octanol–water partition coefficient (Wildman–Crippen LogP) is 1.23. The highest BCUT2D eigenvalue weighted by Crippen LogP contribution is 2.32. The van der Waals surface area contributed by atoms with E-state index in [0.717, 1.165) is 35.0 Å². The lowest BCUT2D eigenvalue weighted by atomic mass is 10.2. The lowest BCUT2D eigenvalue weighted by Gasteiger charge is -2.30. The fourth-order valence-electron chi connectivity index (χ4n) is 2.62. The van der Waals surface area contributed by atoms with Crippen LogP contribution in [0.25, 0.3) is 10.8 Å². The van der Waals surface area contributed by atoms with Crippen LogP contribution in [0.1, 0.15) is 22.3 Å². The molecule has 3 rings (SSSR count). The van der Waals surface area contributed by atoms with E-state index in [-0.39, 0.29) is 11.8 Å². The van der Waals surface area contributed by atoms with Gasteiger partial charge in [0.25, 0.3) is 5.89 Å². The molecule has 0 amide bonds. The summed E-state index contributed by atoms with van der Waals surface area (Å²) in [5.74, 6) is 1.14. The van der Waals surface area contributed by atoms with Gasteiger partial charge in [-0.15, -0.1) is 11.3 Å². The van der Waals surface area contributed by atoms with Gasteiger partial charge in [-0.1, -0.05) is 5.16 Å². The van der Waals surface area contributed by atoms with Crippen LogP contribution in [0.15, 0.2) is 10.6 Å². The van der Waals surface area contributed by atoms with Crippen LogP contribution < -0.4 is 5.32 Å². The van der Waals surface area contributed by atoms with Gasteiger partial charge in [0.15, 0.2) is 15.7 Å². The minimum atomic E-state index is -3.06. The minimum Gasteiger partial charge on any atom is -0.333 e. The third-order valence-corrected chi connectivity index (χ3v) is 5.82. The molecule has 0 aliphatic carbocycles. The SMILES string of the molecule is Cc1sc(-c2nc(C3CNCCN3C)no2)cc1CS(C)(=O)=O. The molecule has 1 N–H and O–H groups in total. The topological polar surface area (TPSA) is 88.3 Å². The van der Waals surface area contributed by atoms with Gasteiger partial charge in [0.2, 0.25) is 0 Å². The molecule has 126 valence electrons. The highest BCUT2D eigenvalue weighted by molar-refractivity contribution is 7.89. The van der Waals surface area contributed by atoms with Crippen LogP contribution in [0, 0.1) is 6.92 Å². The molecule has 2 aromatic heterocycles. The number of likely N-dealkylation sites (N-methyl/N-ethyl adjacent to an activating group) is 1. The molecule has 1 fully saturated rings. The molecule has 0 bridgehead atoms. The maximum Gasteiger partial charge on any atom is 0.268 e. The van der Waals surface area contributed by atoms with Crippen molar-refractivity contribution >= 4 is 21.2 Å². The molecule has 0 aromatic carbocycles. The van der Waals surface area contributed by atoms with Crippen molar-refractivity contribution in [3.8, 4) is 10.8 Å². The number of hydrogen-bond donors (Lipinski definition) is 1. The molecule has 2 aromatic rings.